The second kappa shape index (κ2) is 2240. The van der Waals surface area contributed by atoms with Gasteiger partial charge in [-0.2, -0.15) is 35.5 Å². The molecule has 0 aromatic heterocycles. The second-order valence-corrected chi connectivity index (χ2v) is 0. The van der Waals surface area contributed by atoms with E-state index in [1.54, 1.807) is 0 Å². The van der Waals surface area contributed by atoms with Crippen LogP contribution in [0.15, 0.2) is 0 Å². The van der Waals surface area contributed by atoms with Crippen molar-refractivity contribution in [1.29, 1.82) is 0 Å². The monoisotopic (exact) mass is 412 g/mol. The standard InChI is InChI=1S/5CH3O.FH.U/c5*1-2;;/h5*1H3;1H;/q5*-1;;/p-1. The molecule has 0 aliphatic rings. The van der Waals surface area contributed by atoms with Crippen molar-refractivity contribution in [3.8, 4) is 0 Å². The molecule has 0 aromatic carbocycles. The summed E-state index contributed by atoms with van der Waals surface area (Å²) in [6.45, 7) is 0. The molecule has 0 spiro atoms. The predicted octanol–water partition coefficient (Wildman–Crippen LogP) is -8.11. The van der Waals surface area contributed by atoms with Crippen molar-refractivity contribution in [3.63, 3.8) is 0 Å². The van der Waals surface area contributed by atoms with Crippen molar-refractivity contribution in [2.75, 3.05) is 35.5 Å². The zero-order valence-electron chi connectivity index (χ0n) is 7.92. The van der Waals surface area contributed by atoms with Gasteiger partial charge < -0.3 is 30.2 Å². The van der Waals surface area contributed by atoms with Gasteiger partial charge in [0, 0.05) is 31.1 Å². The van der Waals surface area contributed by atoms with Gasteiger partial charge in [0.25, 0.3) is 0 Å². The predicted molar refractivity (Wildman–Crippen MR) is 29.6 cm³/mol. The topological polar surface area (TPSA) is 115 Å². The third-order valence-electron chi connectivity index (χ3n) is 0. The molecule has 0 radical (unpaired) electrons. The van der Waals surface area contributed by atoms with E-state index in [9.17, 15) is 0 Å². The van der Waals surface area contributed by atoms with Crippen molar-refractivity contribution in [3.05, 3.63) is 0 Å². The molecular formula is C5H15FO5U-6. The first-order valence-electron chi connectivity index (χ1n) is 2.04. The summed E-state index contributed by atoms with van der Waals surface area (Å²) in [6.07, 6.45) is 0. The third-order valence-corrected chi connectivity index (χ3v) is 0. The van der Waals surface area contributed by atoms with Gasteiger partial charge in [-0.05, 0) is 0 Å². The van der Waals surface area contributed by atoms with E-state index in [0.717, 1.165) is 35.5 Å². The maximum atomic E-state index is 8.25. The van der Waals surface area contributed by atoms with Crippen LogP contribution in [0.3, 0.4) is 0 Å². The molecule has 0 heterocycles. The summed E-state index contributed by atoms with van der Waals surface area (Å²) in [7, 11) is 3.75. The molecule has 0 N–H and O–H groups in total. The Morgan fingerprint density at radius 2 is 0.417 bits per heavy atom. The number of halogens is 1. The Hall–Kier alpha value is 0.782. The van der Waals surface area contributed by atoms with E-state index in [1.807, 2.05) is 0 Å². The van der Waals surface area contributed by atoms with Crippen molar-refractivity contribution in [1.82, 2.24) is 0 Å². The molecule has 82 valence electrons. The van der Waals surface area contributed by atoms with Crippen LogP contribution >= 0.6 is 0 Å². The second-order valence-electron chi connectivity index (χ2n) is 0. The Kier molecular flexibility index (Phi) is 9910. The molecule has 0 aliphatic heterocycles. The molecule has 0 unspecified atom stereocenters. The summed E-state index contributed by atoms with van der Waals surface area (Å²) in [5.74, 6) is 0. The fourth-order valence-electron chi connectivity index (χ4n) is 0. The molecule has 0 bridgehead atoms. The van der Waals surface area contributed by atoms with Crippen LogP contribution in [-0.2, 0) is 0 Å². The van der Waals surface area contributed by atoms with E-state index in [0.29, 0.717) is 0 Å². The molecule has 0 aromatic rings. The van der Waals surface area contributed by atoms with Gasteiger partial charge in [0.05, 0.1) is 0 Å². The van der Waals surface area contributed by atoms with Crippen LogP contribution in [0.5, 0.6) is 0 Å². The zero-order valence-corrected chi connectivity index (χ0v) is 12.1. The Morgan fingerprint density at radius 3 is 0.417 bits per heavy atom. The summed E-state index contributed by atoms with van der Waals surface area (Å²) in [5.41, 5.74) is 0. The van der Waals surface area contributed by atoms with Gasteiger partial charge in [-0.1, -0.05) is 0 Å². The zero-order chi connectivity index (χ0) is 10.0. The molecule has 12 heavy (non-hydrogen) atoms. The van der Waals surface area contributed by atoms with Crippen molar-refractivity contribution in [2.24, 2.45) is 0 Å². The van der Waals surface area contributed by atoms with Gasteiger partial charge in [0.2, 0.25) is 0 Å². The fourth-order valence-corrected chi connectivity index (χ4v) is 0. The first-order chi connectivity index (χ1) is 5.00. The van der Waals surface area contributed by atoms with E-state index in [4.69, 9.17) is 25.5 Å². The third kappa shape index (κ3) is 1690. The summed E-state index contributed by atoms with van der Waals surface area (Å²) in [4.78, 5) is 0. The van der Waals surface area contributed by atoms with E-state index >= 15 is 0 Å². The van der Waals surface area contributed by atoms with E-state index in [1.165, 1.54) is 0 Å². The van der Waals surface area contributed by atoms with Gasteiger partial charge in [0.1, 0.15) is 0 Å². The average Bonchev–Trinajstić information content (AvgIpc) is 2.20. The maximum absolute atomic E-state index is 8.25. The number of hydrogen-bond acceptors (Lipinski definition) is 5. The average molecular weight is 412 g/mol. The molecule has 5 nitrogen and oxygen atoms in total. The van der Waals surface area contributed by atoms with Gasteiger partial charge in [-0.25, -0.2) is 0 Å². The molecule has 0 aliphatic carbocycles. The van der Waals surface area contributed by atoms with Crippen molar-refractivity contribution in [2.45, 2.75) is 0 Å². The summed E-state index contributed by atoms with van der Waals surface area (Å²) < 4.78 is 0. The van der Waals surface area contributed by atoms with E-state index in [-0.39, 0.29) is 35.8 Å². The smallest absolute Gasteiger partial charge is 0 e. The Morgan fingerprint density at radius 1 is 0.417 bits per heavy atom. The summed E-state index contributed by atoms with van der Waals surface area (Å²) in [6, 6.07) is 0. The van der Waals surface area contributed by atoms with Crippen LogP contribution in [0.2, 0.25) is 0 Å². The Bertz CT molecular complexity index is 19.8. The minimum atomic E-state index is 0. The minimum Gasteiger partial charge on any atom is -1.00 e. The van der Waals surface area contributed by atoms with Crippen LogP contribution in [0.25, 0.3) is 0 Å². The van der Waals surface area contributed by atoms with Gasteiger partial charge in [-0.15, -0.1) is 0 Å². The first kappa shape index (κ1) is 53.1. The van der Waals surface area contributed by atoms with Crippen molar-refractivity contribution >= 4 is 0 Å². The largest absolute Gasteiger partial charge is 1.00 e. The molecule has 0 amide bonds. The van der Waals surface area contributed by atoms with Crippen LogP contribution in [0, 0.1) is 31.1 Å². The number of rotatable bonds is 0. The van der Waals surface area contributed by atoms with Crippen molar-refractivity contribution < 1.29 is 61.4 Å². The minimum absolute atomic E-state index is 0. The molecule has 0 saturated carbocycles. The summed E-state index contributed by atoms with van der Waals surface area (Å²) >= 11 is 0. The fraction of sp³-hybridized carbons (Fsp3) is 1.00. The Labute approximate surface area is 96.8 Å². The van der Waals surface area contributed by atoms with Crippen LogP contribution in [0.4, 0.5) is 0 Å². The van der Waals surface area contributed by atoms with Crippen LogP contribution in [-0.4, -0.2) is 35.5 Å². The SMILES string of the molecule is C[O-].C[O-].C[O-].C[O-].C[O-].[F-].[U]. The van der Waals surface area contributed by atoms with Crippen LogP contribution < -0.4 is 30.2 Å². The molecule has 0 fully saturated rings. The molecule has 0 rings (SSSR count). The van der Waals surface area contributed by atoms with E-state index < -0.39 is 0 Å². The molecule has 0 saturated heterocycles. The molecular weight excluding hydrogens is 397 g/mol. The van der Waals surface area contributed by atoms with Gasteiger partial charge in [-0.3, -0.25) is 0 Å². The quantitative estimate of drug-likeness (QED) is 0.392. The van der Waals surface area contributed by atoms with E-state index in [2.05, 4.69) is 0 Å². The Balaban J connectivity index is -0.00000000500. The van der Waals surface area contributed by atoms with Crippen LogP contribution in [0.1, 0.15) is 0 Å². The molecule has 0 atom stereocenters. The maximum Gasteiger partial charge on any atom is 0 e. The van der Waals surface area contributed by atoms with Gasteiger partial charge in [0.15, 0.2) is 0 Å². The van der Waals surface area contributed by atoms with Gasteiger partial charge >= 0.3 is 0 Å². The first-order valence-corrected chi connectivity index (χ1v) is 2.04. The number of hydrogen-bond donors (Lipinski definition) is 0. The molecule has 7 heteroatoms. The normalized spacial score (nSPS) is 2.50. The summed E-state index contributed by atoms with van der Waals surface area (Å²) in [5, 5.41) is 41.2.